The zero-order valence-corrected chi connectivity index (χ0v) is 16.0. The summed E-state index contributed by atoms with van der Waals surface area (Å²) in [6.45, 7) is 1.87. The normalized spacial score (nSPS) is 11.4. The third-order valence-corrected chi connectivity index (χ3v) is 3.99. The topological polar surface area (TPSA) is 134 Å². The number of halogens is 1. The number of hydrogen-bond donors (Lipinski definition) is 2. The molecular formula is C13H12ClN4NaO3S. The number of nitrogens with two attached hydrogens (primary N) is 2. The van der Waals surface area contributed by atoms with E-state index in [-0.39, 0.29) is 46.6 Å². The van der Waals surface area contributed by atoms with Crippen molar-refractivity contribution in [3.05, 3.63) is 40.9 Å². The number of benzene rings is 2. The Labute approximate surface area is 160 Å². The van der Waals surface area contributed by atoms with Gasteiger partial charge in [-0.2, -0.15) is 0 Å². The summed E-state index contributed by atoms with van der Waals surface area (Å²) in [4.78, 5) is -0.592. The molecule has 2 aromatic carbocycles. The first-order valence-corrected chi connectivity index (χ1v) is 7.80. The van der Waals surface area contributed by atoms with Crippen molar-refractivity contribution < 1.29 is 42.5 Å². The molecule has 0 atom stereocenters. The Morgan fingerprint density at radius 3 is 2.22 bits per heavy atom. The molecule has 0 heterocycles. The van der Waals surface area contributed by atoms with Crippen LogP contribution in [-0.2, 0) is 10.1 Å². The molecule has 0 aliphatic rings. The maximum Gasteiger partial charge on any atom is 1.00 e. The Balaban J connectivity index is 0.00000264. The van der Waals surface area contributed by atoms with Gasteiger partial charge in [0, 0.05) is 0 Å². The average molecular weight is 363 g/mol. The summed E-state index contributed by atoms with van der Waals surface area (Å²) < 4.78 is 33.3. The first-order valence-electron chi connectivity index (χ1n) is 6.01. The summed E-state index contributed by atoms with van der Waals surface area (Å²) in [6.07, 6.45) is 0. The van der Waals surface area contributed by atoms with Gasteiger partial charge >= 0.3 is 29.6 Å². The Kier molecular flexibility index (Phi) is 6.58. The van der Waals surface area contributed by atoms with Crippen LogP contribution in [0.3, 0.4) is 0 Å². The number of nitrogens with zero attached hydrogens (tertiary/aromatic N) is 2. The second-order valence-corrected chi connectivity index (χ2v) is 6.31. The van der Waals surface area contributed by atoms with Crippen molar-refractivity contribution in [3.8, 4) is 0 Å². The molecule has 0 aromatic heterocycles. The number of nitrogen functional groups attached to an aromatic ring is 2. The summed E-state index contributed by atoms with van der Waals surface area (Å²) in [5.41, 5.74) is 12.4. The van der Waals surface area contributed by atoms with Crippen molar-refractivity contribution >= 4 is 44.5 Å². The van der Waals surface area contributed by atoms with Crippen molar-refractivity contribution in [2.75, 3.05) is 11.5 Å². The van der Waals surface area contributed by atoms with Crippen LogP contribution < -0.4 is 41.0 Å². The number of hydrogen-bond acceptors (Lipinski definition) is 7. The van der Waals surface area contributed by atoms with Crippen molar-refractivity contribution in [3.63, 3.8) is 0 Å². The molecule has 116 valence electrons. The van der Waals surface area contributed by atoms with Gasteiger partial charge in [0.25, 0.3) is 0 Å². The van der Waals surface area contributed by atoms with E-state index in [1.807, 2.05) is 6.92 Å². The zero-order chi connectivity index (χ0) is 16.5. The molecular weight excluding hydrogens is 351 g/mol. The predicted octanol–water partition coefficient (Wildman–Crippen LogP) is 0.136. The molecule has 0 saturated heterocycles. The molecule has 23 heavy (non-hydrogen) atoms. The van der Waals surface area contributed by atoms with Gasteiger partial charge in [0.05, 0.1) is 21.3 Å². The van der Waals surface area contributed by atoms with Gasteiger partial charge in [-0.1, -0.05) is 17.7 Å². The van der Waals surface area contributed by atoms with Crippen LogP contribution in [0, 0.1) is 6.92 Å². The molecule has 0 spiro atoms. The molecule has 2 rings (SSSR count). The van der Waals surface area contributed by atoms with Gasteiger partial charge in [-0.25, -0.2) is 8.42 Å². The predicted molar refractivity (Wildman–Crippen MR) is 83.6 cm³/mol. The molecule has 0 aliphatic heterocycles. The Hall–Kier alpha value is -1.16. The molecule has 0 bridgehead atoms. The number of azo groups is 1. The van der Waals surface area contributed by atoms with Gasteiger partial charge in [-0.15, -0.1) is 10.2 Å². The molecule has 10 heteroatoms. The second-order valence-electron chi connectivity index (χ2n) is 4.56. The molecule has 0 fully saturated rings. The van der Waals surface area contributed by atoms with Crippen LogP contribution >= 0.6 is 11.6 Å². The van der Waals surface area contributed by atoms with Crippen LogP contribution in [0.4, 0.5) is 22.7 Å². The minimum atomic E-state index is -4.73. The fourth-order valence-electron chi connectivity index (χ4n) is 1.71. The summed E-state index contributed by atoms with van der Waals surface area (Å²) in [6, 6.07) is 7.28. The van der Waals surface area contributed by atoms with E-state index in [0.717, 1.165) is 17.7 Å². The maximum absolute atomic E-state index is 11.1. The summed E-state index contributed by atoms with van der Waals surface area (Å²) >= 11 is 6.01. The molecule has 2 aromatic rings. The Bertz CT molecular complexity index is 872. The number of aryl methyl sites for hydroxylation is 1. The number of rotatable bonds is 3. The van der Waals surface area contributed by atoms with Crippen LogP contribution in [0.1, 0.15) is 5.56 Å². The van der Waals surface area contributed by atoms with Gasteiger partial charge in [0.15, 0.2) is 0 Å². The summed E-state index contributed by atoms with van der Waals surface area (Å²) in [7, 11) is -4.73. The van der Waals surface area contributed by atoms with Gasteiger partial charge < -0.3 is 16.0 Å². The van der Waals surface area contributed by atoms with Crippen LogP contribution in [0.2, 0.25) is 5.02 Å². The first kappa shape index (κ1) is 19.9. The second kappa shape index (κ2) is 7.61. The summed E-state index contributed by atoms with van der Waals surface area (Å²) in [5.74, 6) is 0. The van der Waals surface area contributed by atoms with E-state index >= 15 is 0 Å². The van der Waals surface area contributed by atoms with Gasteiger partial charge in [-0.05, 0) is 36.8 Å². The molecule has 0 saturated carbocycles. The fourth-order valence-corrected chi connectivity index (χ4v) is 2.58. The third-order valence-electron chi connectivity index (χ3n) is 2.80. The SMILES string of the molecule is Cc1ccc(N=Nc2cc(S(=O)(=O)[O-])c(N)cc2N)c(Cl)c1.[Na+]. The molecule has 0 amide bonds. The largest absolute Gasteiger partial charge is 1.00 e. The van der Waals surface area contributed by atoms with E-state index in [2.05, 4.69) is 10.2 Å². The van der Waals surface area contributed by atoms with E-state index in [1.54, 1.807) is 18.2 Å². The van der Waals surface area contributed by atoms with Crippen molar-refractivity contribution in [1.29, 1.82) is 0 Å². The van der Waals surface area contributed by atoms with E-state index < -0.39 is 15.0 Å². The zero-order valence-electron chi connectivity index (χ0n) is 12.4. The minimum absolute atomic E-state index is 0. The van der Waals surface area contributed by atoms with Crippen LogP contribution in [-0.4, -0.2) is 13.0 Å². The quantitative estimate of drug-likeness (QED) is 0.346. The van der Waals surface area contributed by atoms with Gasteiger partial charge in [-0.3, -0.25) is 0 Å². The number of anilines is 2. The maximum atomic E-state index is 11.1. The molecule has 0 radical (unpaired) electrons. The standard InChI is InChI=1S/C13H13ClN4O3S.Na/c1-7-2-3-11(8(14)4-7)17-18-12-6-13(22(19,20)21)10(16)5-9(12)15;/h2-6H,15-16H2,1H3,(H,19,20,21);/q;+1/p-1. The smallest absolute Gasteiger partial charge is 0.744 e. The molecule has 7 nitrogen and oxygen atoms in total. The van der Waals surface area contributed by atoms with E-state index in [9.17, 15) is 13.0 Å². The molecule has 0 aliphatic carbocycles. The first-order chi connectivity index (χ1) is 10.2. The fraction of sp³-hybridized carbons (Fsp3) is 0.0769. The van der Waals surface area contributed by atoms with Crippen molar-refractivity contribution in [1.82, 2.24) is 0 Å². The van der Waals surface area contributed by atoms with E-state index in [4.69, 9.17) is 23.1 Å². The summed E-state index contributed by atoms with van der Waals surface area (Å²) in [5, 5.41) is 8.13. The third kappa shape index (κ3) is 4.90. The van der Waals surface area contributed by atoms with Crippen molar-refractivity contribution in [2.24, 2.45) is 10.2 Å². The monoisotopic (exact) mass is 362 g/mol. The van der Waals surface area contributed by atoms with Crippen LogP contribution in [0.25, 0.3) is 0 Å². The van der Waals surface area contributed by atoms with E-state index in [1.165, 1.54) is 0 Å². The molecule has 4 N–H and O–H groups in total. The Morgan fingerprint density at radius 2 is 1.65 bits per heavy atom. The van der Waals surface area contributed by atoms with Crippen LogP contribution in [0.5, 0.6) is 0 Å². The Morgan fingerprint density at radius 1 is 1.04 bits per heavy atom. The van der Waals surface area contributed by atoms with Crippen LogP contribution in [0.15, 0.2) is 45.5 Å². The van der Waals surface area contributed by atoms with Crippen molar-refractivity contribution in [2.45, 2.75) is 11.8 Å². The van der Waals surface area contributed by atoms with Gasteiger partial charge in [0.1, 0.15) is 21.5 Å². The average Bonchev–Trinajstić information content (AvgIpc) is 2.38. The minimum Gasteiger partial charge on any atom is -0.744 e. The van der Waals surface area contributed by atoms with Gasteiger partial charge in [0.2, 0.25) is 0 Å². The molecule has 0 unspecified atom stereocenters. The van der Waals surface area contributed by atoms with E-state index in [0.29, 0.717) is 10.7 Å².